The summed E-state index contributed by atoms with van der Waals surface area (Å²) in [6.07, 6.45) is 4.18. The first-order valence-electron chi connectivity index (χ1n) is 8.85. The number of hydrogen-bond donors (Lipinski definition) is 1. The third-order valence-electron chi connectivity index (χ3n) is 4.54. The van der Waals surface area contributed by atoms with Crippen LogP contribution in [0.2, 0.25) is 5.02 Å². The lowest BCUT2D eigenvalue weighted by molar-refractivity contribution is 0.0687. The fraction of sp³-hybridized carbons (Fsp3) is 0.421. The van der Waals surface area contributed by atoms with E-state index in [1.165, 1.54) is 12.6 Å². The van der Waals surface area contributed by atoms with Crippen LogP contribution in [0.5, 0.6) is 11.6 Å². The summed E-state index contributed by atoms with van der Waals surface area (Å²) in [5.41, 5.74) is 0.720. The summed E-state index contributed by atoms with van der Waals surface area (Å²) in [4.78, 5) is 22.2. The van der Waals surface area contributed by atoms with Crippen LogP contribution < -0.4 is 14.4 Å². The number of nitrogens with zero attached hydrogens (tertiary/aromatic N) is 3. The fourth-order valence-electron chi connectivity index (χ4n) is 3.01. The third kappa shape index (κ3) is 4.42. The highest BCUT2D eigenvalue weighted by molar-refractivity contribution is 6.32. The quantitative estimate of drug-likeness (QED) is 0.797. The Kier molecular flexibility index (Phi) is 6.01. The molecule has 1 aromatic heterocycles. The molecule has 7 nitrogen and oxygen atoms in total. The summed E-state index contributed by atoms with van der Waals surface area (Å²) in [7, 11) is 1.54. The first kappa shape index (κ1) is 19.2. The molecule has 1 N–H and O–H groups in total. The topological polar surface area (TPSA) is 84.8 Å². The Morgan fingerprint density at radius 3 is 2.67 bits per heavy atom. The minimum absolute atomic E-state index is 0.0533. The van der Waals surface area contributed by atoms with E-state index in [-0.39, 0.29) is 11.4 Å². The van der Waals surface area contributed by atoms with E-state index in [0.717, 1.165) is 31.5 Å². The SMILES string of the molecule is COc1ccc(C(C)Oc2nc(N3CCCCC3)ncc2C(=O)O)cc1Cl. The number of halogens is 1. The van der Waals surface area contributed by atoms with Crippen molar-refractivity contribution in [2.24, 2.45) is 0 Å². The number of aromatic nitrogens is 2. The predicted molar refractivity (Wildman–Crippen MR) is 102 cm³/mol. The van der Waals surface area contributed by atoms with Gasteiger partial charge in [0, 0.05) is 13.1 Å². The highest BCUT2D eigenvalue weighted by Gasteiger charge is 2.21. The van der Waals surface area contributed by atoms with Gasteiger partial charge >= 0.3 is 5.97 Å². The van der Waals surface area contributed by atoms with Crippen molar-refractivity contribution in [1.29, 1.82) is 0 Å². The molecule has 144 valence electrons. The lowest BCUT2D eigenvalue weighted by Crippen LogP contribution is -2.31. The highest BCUT2D eigenvalue weighted by atomic mass is 35.5. The monoisotopic (exact) mass is 391 g/mol. The van der Waals surface area contributed by atoms with Crippen molar-refractivity contribution >= 4 is 23.5 Å². The Hall–Kier alpha value is -2.54. The number of piperidine rings is 1. The van der Waals surface area contributed by atoms with Gasteiger partial charge in [-0.1, -0.05) is 17.7 Å². The van der Waals surface area contributed by atoms with Crippen LogP contribution in [0.3, 0.4) is 0 Å². The molecule has 0 spiro atoms. The van der Waals surface area contributed by atoms with Crippen molar-refractivity contribution in [2.75, 3.05) is 25.1 Å². The van der Waals surface area contributed by atoms with Crippen molar-refractivity contribution in [2.45, 2.75) is 32.3 Å². The number of rotatable bonds is 6. The minimum Gasteiger partial charge on any atom is -0.495 e. The van der Waals surface area contributed by atoms with E-state index in [9.17, 15) is 9.90 Å². The number of aromatic carboxylic acids is 1. The number of carboxylic acids is 1. The zero-order valence-corrected chi connectivity index (χ0v) is 16.1. The largest absolute Gasteiger partial charge is 0.495 e. The third-order valence-corrected chi connectivity index (χ3v) is 4.84. The number of benzene rings is 1. The second-order valence-corrected chi connectivity index (χ2v) is 6.80. The average Bonchev–Trinajstić information content (AvgIpc) is 2.68. The van der Waals surface area contributed by atoms with Gasteiger partial charge in [0.15, 0.2) is 0 Å². The molecule has 1 unspecified atom stereocenters. The van der Waals surface area contributed by atoms with Gasteiger partial charge in [-0.15, -0.1) is 0 Å². The van der Waals surface area contributed by atoms with Crippen LogP contribution in [-0.4, -0.2) is 41.2 Å². The molecule has 0 amide bonds. The maximum absolute atomic E-state index is 11.6. The zero-order chi connectivity index (χ0) is 19.4. The van der Waals surface area contributed by atoms with Crippen LogP contribution >= 0.6 is 11.6 Å². The lowest BCUT2D eigenvalue weighted by atomic mass is 10.1. The number of methoxy groups -OCH3 is 1. The van der Waals surface area contributed by atoms with E-state index in [2.05, 4.69) is 14.9 Å². The van der Waals surface area contributed by atoms with Crippen molar-refractivity contribution in [3.8, 4) is 11.6 Å². The van der Waals surface area contributed by atoms with Gasteiger partial charge in [-0.05, 0) is 43.9 Å². The highest BCUT2D eigenvalue weighted by Crippen LogP contribution is 2.31. The van der Waals surface area contributed by atoms with E-state index in [4.69, 9.17) is 21.1 Å². The molecule has 0 bridgehead atoms. The fourth-order valence-corrected chi connectivity index (χ4v) is 3.28. The number of anilines is 1. The molecule has 1 aliphatic heterocycles. The number of ether oxygens (including phenoxy) is 2. The van der Waals surface area contributed by atoms with Crippen molar-refractivity contribution in [3.63, 3.8) is 0 Å². The summed E-state index contributed by atoms with van der Waals surface area (Å²) < 4.78 is 11.0. The van der Waals surface area contributed by atoms with Gasteiger partial charge in [-0.2, -0.15) is 4.98 Å². The predicted octanol–water partition coefficient (Wildman–Crippen LogP) is 3.97. The Labute approximate surface area is 162 Å². The smallest absolute Gasteiger partial charge is 0.342 e. The number of hydrogen-bond acceptors (Lipinski definition) is 6. The molecule has 0 aliphatic carbocycles. The first-order chi connectivity index (χ1) is 13.0. The number of carbonyl (C=O) groups is 1. The molecule has 2 aromatic rings. The molecular weight excluding hydrogens is 370 g/mol. The summed E-state index contributed by atoms with van der Waals surface area (Å²) in [6.45, 7) is 3.53. The van der Waals surface area contributed by atoms with Crippen LogP contribution in [0.1, 0.15) is 48.2 Å². The number of carboxylic acid groups (broad SMARTS) is 1. The molecule has 3 rings (SSSR count). The molecule has 2 heterocycles. The average molecular weight is 392 g/mol. The van der Waals surface area contributed by atoms with E-state index in [0.29, 0.717) is 16.7 Å². The summed E-state index contributed by atoms with van der Waals surface area (Å²) >= 11 is 6.18. The Morgan fingerprint density at radius 2 is 2.04 bits per heavy atom. The molecule has 27 heavy (non-hydrogen) atoms. The maximum Gasteiger partial charge on any atom is 0.342 e. The van der Waals surface area contributed by atoms with E-state index in [1.54, 1.807) is 19.2 Å². The van der Waals surface area contributed by atoms with Gasteiger partial charge in [0.25, 0.3) is 0 Å². The maximum atomic E-state index is 11.6. The van der Waals surface area contributed by atoms with Crippen molar-refractivity contribution in [3.05, 3.63) is 40.5 Å². The molecule has 1 fully saturated rings. The second kappa shape index (κ2) is 8.43. The van der Waals surface area contributed by atoms with Gasteiger partial charge in [0.2, 0.25) is 11.8 Å². The molecule has 1 saturated heterocycles. The zero-order valence-electron chi connectivity index (χ0n) is 15.3. The normalized spacial score (nSPS) is 15.3. The Balaban J connectivity index is 1.87. The van der Waals surface area contributed by atoms with Crippen LogP contribution in [0.25, 0.3) is 0 Å². The molecule has 1 aromatic carbocycles. The van der Waals surface area contributed by atoms with E-state index < -0.39 is 12.1 Å². The van der Waals surface area contributed by atoms with Crippen molar-refractivity contribution < 1.29 is 19.4 Å². The molecule has 0 radical (unpaired) electrons. The molecule has 1 atom stereocenters. The van der Waals surface area contributed by atoms with Gasteiger partial charge in [-0.3, -0.25) is 0 Å². The molecule has 1 aliphatic rings. The summed E-state index contributed by atoms with van der Waals surface area (Å²) in [5.74, 6) is -0.0180. The van der Waals surface area contributed by atoms with E-state index in [1.807, 2.05) is 13.0 Å². The lowest BCUT2D eigenvalue weighted by Gasteiger charge is -2.27. The summed E-state index contributed by atoms with van der Waals surface area (Å²) in [5, 5.41) is 9.91. The standard InChI is InChI=1S/C19H22ClN3O4/c1-12(13-6-7-16(26-2)15(20)10-13)27-17-14(18(24)25)11-21-19(22-17)23-8-4-3-5-9-23/h6-7,10-12H,3-5,8-9H2,1-2H3,(H,24,25). The Morgan fingerprint density at radius 1 is 1.30 bits per heavy atom. The minimum atomic E-state index is -1.13. The van der Waals surface area contributed by atoms with Gasteiger partial charge in [0.05, 0.1) is 18.3 Å². The van der Waals surface area contributed by atoms with Crippen LogP contribution in [0, 0.1) is 0 Å². The van der Waals surface area contributed by atoms with Gasteiger partial charge in [-0.25, -0.2) is 9.78 Å². The van der Waals surface area contributed by atoms with Crippen LogP contribution in [0.4, 0.5) is 5.95 Å². The van der Waals surface area contributed by atoms with Crippen molar-refractivity contribution in [1.82, 2.24) is 9.97 Å². The van der Waals surface area contributed by atoms with Crippen LogP contribution in [-0.2, 0) is 0 Å². The van der Waals surface area contributed by atoms with E-state index >= 15 is 0 Å². The van der Waals surface area contributed by atoms with Gasteiger partial charge in [0.1, 0.15) is 17.4 Å². The van der Waals surface area contributed by atoms with Crippen LogP contribution in [0.15, 0.2) is 24.4 Å². The second-order valence-electron chi connectivity index (χ2n) is 6.40. The molecule has 0 saturated carbocycles. The Bertz CT molecular complexity index is 825. The molecule has 8 heteroatoms. The molecular formula is C19H22ClN3O4. The summed E-state index contributed by atoms with van der Waals surface area (Å²) in [6, 6.07) is 5.30. The first-order valence-corrected chi connectivity index (χ1v) is 9.22. The van der Waals surface area contributed by atoms with Gasteiger partial charge < -0.3 is 19.5 Å².